The smallest absolute Gasteiger partial charge is 0.0487 e. The Labute approximate surface area is 155 Å². The first kappa shape index (κ1) is 21.9. The van der Waals surface area contributed by atoms with Crippen molar-refractivity contribution in [2.45, 2.75) is 97.8 Å². The van der Waals surface area contributed by atoms with Crippen LogP contribution in [0.3, 0.4) is 0 Å². The Kier molecular flexibility index (Phi) is 6.61. The third-order valence-corrected chi connectivity index (χ3v) is 9.08. The average molecular weight is 379 g/mol. The van der Waals surface area contributed by atoms with Gasteiger partial charge >= 0.3 is 0 Å². The minimum Gasteiger partial charge on any atom is -0.0693 e. The molecule has 0 fully saturated rings. The zero-order chi connectivity index (χ0) is 19.1. The van der Waals surface area contributed by atoms with E-state index in [1.54, 1.807) is 33.4 Å². The van der Waals surface area contributed by atoms with E-state index in [0.29, 0.717) is 0 Å². The first-order chi connectivity index (χ1) is 10.5. The Morgan fingerprint density at radius 3 is 0.708 bits per heavy atom. The first-order valence-corrected chi connectivity index (χ1v) is 20.7. The van der Waals surface area contributed by atoms with Gasteiger partial charge in [-0.1, -0.05) is 58.9 Å². The van der Waals surface area contributed by atoms with Crippen molar-refractivity contribution < 1.29 is 0 Å². The predicted octanol–water partition coefficient (Wildman–Crippen LogP) is 6.87. The van der Waals surface area contributed by atoms with E-state index in [0.717, 1.165) is 0 Å². The highest BCUT2D eigenvalue weighted by Crippen LogP contribution is 2.33. The molecule has 1 aromatic rings. The van der Waals surface area contributed by atoms with Gasteiger partial charge in [0.05, 0.1) is 0 Å². The van der Waals surface area contributed by atoms with Crippen molar-refractivity contribution in [2.75, 3.05) is 0 Å². The fourth-order valence-corrected chi connectivity index (χ4v) is 8.55. The van der Waals surface area contributed by atoms with Crippen molar-refractivity contribution in [3.05, 3.63) is 33.4 Å². The van der Waals surface area contributed by atoms with E-state index in [-0.39, 0.29) is 0 Å². The van der Waals surface area contributed by atoms with Crippen molar-refractivity contribution in [3.63, 3.8) is 0 Å². The lowest BCUT2D eigenvalue weighted by Gasteiger charge is -2.30. The van der Waals surface area contributed by atoms with Crippen LogP contribution in [-0.2, 0) is 18.1 Å². The summed E-state index contributed by atoms with van der Waals surface area (Å²) in [7, 11) is -3.36. The Balaban J connectivity index is 3.64. The molecule has 1 rings (SSSR count). The van der Waals surface area contributed by atoms with Crippen LogP contribution in [0.2, 0.25) is 58.9 Å². The van der Waals surface area contributed by atoms with E-state index in [4.69, 9.17) is 0 Å². The van der Waals surface area contributed by atoms with E-state index in [2.05, 4.69) is 79.7 Å². The molecule has 0 aliphatic heterocycles. The van der Waals surface area contributed by atoms with E-state index in [9.17, 15) is 0 Å². The normalized spacial score (nSPS) is 13.5. The molecule has 0 amide bonds. The van der Waals surface area contributed by atoms with E-state index < -0.39 is 24.2 Å². The number of benzene rings is 1. The largest absolute Gasteiger partial charge is 0.0693 e. The SMILES string of the molecule is Cc1c(C[Si](C)(C)C)c(C)c(C[Si](C)(C)C)c(C)c1C[Si](C)(C)C. The molecular formula is C21H42Si3. The molecule has 0 heterocycles. The van der Waals surface area contributed by atoms with Crippen LogP contribution in [0.15, 0.2) is 0 Å². The lowest BCUT2D eigenvalue weighted by atomic mass is 9.90. The standard InChI is InChI=1S/C21H42Si3/c1-16-19(13-22(4,5)6)17(2)21(15-24(10,11)12)18(3)20(16)14-23(7,8)9/h13-15H2,1-12H3. The summed E-state index contributed by atoms with van der Waals surface area (Å²) in [5.74, 6) is 0. The Morgan fingerprint density at radius 1 is 0.417 bits per heavy atom. The monoisotopic (exact) mass is 378 g/mol. The molecule has 0 aliphatic rings. The molecule has 0 saturated carbocycles. The lowest BCUT2D eigenvalue weighted by Crippen LogP contribution is -2.30. The minimum absolute atomic E-state index is 1.12. The minimum atomic E-state index is -1.12. The van der Waals surface area contributed by atoms with Crippen LogP contribution in [0.25, 0.3) is 0 Å². The third-order valence-electron chi connectivity index (χ3n) is 4.84. The highest BCUT2D eigenvalue weighted by Gasteiger charge is 2.26. The fourth-order valence-electron chi connectivity index (χ4n) is 3.78. The van der Waals surface area contributed by atoms with Crippen LogP contribution < -0.4 is 0 Å². The molecule has 0 nitrogen and oxygen atoms in total. The van der Waals surface area contributed by atoms with E-state index in [1.807, 2.05) is 0 Å². The first-order valence-electron chi connectivity index (χ1n) is 9.62. The summed E-state index contributed by atoms with van der Waals surface area (Å²) < 4.78 is 0. The van der Waals surface area contributed by atoms with Crippen molar-refractivity contribution in [1.29, 1.82) is 0 Å². The van der Waals surface area contributed by atoms with Gasteiger partial charge in [0.2, 0.25) is 0 Å². The van der Waals surface area contributed by atoms with Crippen LogP contribution in [0.1, 0.15) is 33.4 Å². The predicted molar refractivity (Wildman–Crippen MR) is 122 cm³/mol. The summed E-state index contributed by atoms with van der Waals surface area (Å²) in [5, 5.41) is 0. The molecule has 0 bridgehead atoms. The molecule has 0 saturated heterocycles. The zero-order valence-electron chi connectivity index (χ0n) is 18.6. The highest BCUT2D eigenvalue weighted by atomic mass is 28.3. The van der Waals surface area contributed by atoms with Gasteiger partial charge in [0, 0.05) is 24.2 Å². The topological polar surface area (TPSA) is 0 Å². The van der Waals surface area contributed by atoms with Crippen LogP contribution in [0, 0.1) is 20.8 Å². The molecule has 0 aliphatic carbocycles. The lowest BCUT2D eigenvalue weighted by molar-refractivity contribution is 1.06. The van der Waals surface area contributed by atoms with Gasteiger partial charge in [-0.2, -0.15) is 0 Å². The van der Waals surface area contributed by atoms with E-state index in [1.165, 1.54) is 18.1 Å². The van der Waals surface area contributed by atoms with Gasteiger partial charge in [-0.05, 0) is 72.3 Å². The summed E-state index contributed by atoms with van der Waals surface area (Å²) in [6, 6.07) is 4.01. The maximum Gasteiger partial charge on any atom is 0.0487 e. The van der Waals surface area contributed by atoms with Gasteiger partial charge < -0.3 is 0 Å². The maximum atomic E-state index is 2.52. The summed E-state index contributed by atoms with van der Waals surface area (Å²) >= 11 is 0. The molecular weight excluding hydrogens is 336 g/mol. The number of rotatable bonds is 6. The summed E-state index contributed by atoms with van der Waals surface area (Å²) in [5.41, 5.74) is 10.0. The van der Waals surface area contributed by atoms with Gasteiger partial charge in [-0.15, -0.1) is 0 Å². The van der Waals surface area contributed by atoms with Crippen molar-refractivity contribution in [3.8, 4) is 0 Å². The van der Waals surface area contributed by atoms with Crippen molar-refractivity contribution >= 4 is 24.2 Å². The second-order valence-corrected chi connectivity index (χ2v) is 27.9. The summed E-state index contributed by atoms with van der Waals surface area (Å²) in [4.78, 5) is 0. The molecule has 0 aromatic heterocycles. The molecule has 0 unspecified atom stereocenters. The Morgan fingerprint density at radius 2 is 0.583 bits per heavy atom. The van der Waals surface area contributed by atoms with Crippen LogP contribution >= 0.6 is 0 Å². The molecule has 3 heteroatoms. The van der Waals surface area contributed by atoms with Crippen LogP contribution in [-0.4, -0.2) is 24.2 Å². The average Bonchev–Trinajstić information content (AvgIpc) is 2.32. The number of hydrogen-bond donors (Lipinski definition) is 0. The zero-order valence-corrected chi connectivity index (χ0v) is 21.6. The Hall–Kier alpha value is -0.129. The van der Waals surface area contributed by atoms with Gasteiger partial charge in [0.25, 0.3) is 0 Å². The molecule has 24 heavy (non-hydrogen) atoms. The molecule has 0 atom stereocenters. The quantitative estimate of drug-likeness (QED) is 0.474. The molecule has 0 N–H and O–H groups in total. The van der Waals surface area contributed by atoms with Crippen LogP contribution in [0.4, 0.5) is 0 Å². The van der Waals surface area contributed by atoms with Gasteiger partial charge in [0.15, 0.2) is 0 Å². The van der Waals surface area contributed by atoms with Crippen molar-refractivity contribution in [1.82, 2.24) is 0 Å². The maximum absolute atomic E-state index is 2.52. The van der Waals surface area contributed by atoms with E-state index >= 15 is 0 Å². The summed E-state index contributed by atoms with van der Waals surface area (Å²) in [6.45, 7) is 29.9. The second kappa shape index (κ2) is 7.24. The third kappa shape index (κ3) is 6.31. The van der Waals surface area contributed by atoms with Crippen LogP contribution in [0.5, 0.6) is 0 Å². The summed E-state index contributed by atoms with van der Waals surface area (Å²) in [6.07, 6.45) is 0. The second-order valence-electron chi connectivity index (χ2n) is 11.5. The number of hydrogen-bond acceptors (Lipinski definition) is 0. The molecule has 0 spiro atoms. The van der Waals surface area contributed by atoms with Crippen molar-refractivity contribution in [2.24, 2.45) is 0 Å². The highest BCUT2D eigenvalue weighted by molar-refractivity contribution is 6.76. The fraction of sp³-hybridized carbons (Fsp3) is 0.714. The van der Waals surface area contributed by atoms with Gasteiger partial charge in [-0.25, -0.2) is 0 Å². The van der Waals surface area contributed by atoms with Gasteiger partial charge in [-0.3, -0.25) is 0 Å². The molecule has 138 valence electrons. The van der Waals surface area contributed by atoms with Gasteiger partial charge in [0.1, 0.15) is 0 Å². The Bertz CT molecular complexity index is 487. The molecule has 0 radical (unpaired) electrons. The molecule has 1 aromatic carbocycles.